The van der Waals surface area contributed by atoms with Crippen molar-refractivity contribution >= 4 is 5.82 Å². The zero-order valence-corrected chi connectivity index (χ0v) is 8.99. The third kappa shape index (κ3) is 2.15. The molecule has 0 saturated carbocycles. The Morgan fingerprint density at radius 1 is 1.00 bits per heavy atom. The lowest BCUT2D eigenvalue weighted by molar-refractivity contribution is 1.29. The normalized spacial score (nSPS) is 10.0. The second kappa shape index (κ2) is 4.13. The Kier molecular flexibility index (Phi) is 2.68. The van der Waals surface area contributed by atoms with E-state index in [9.17, 15) is 0 Å². The first-order chi connectivity index (χ1) is 7.29. The molecule has 0 amide bonds. The van der Waals surface area contributed by atoms with E-state index in [1.165, 1.54) is 16.7 Å². The van der Waals surface area contributed by atoms with Crippen molar-refractivity contribution in [1.29, 1.82) is 0 Å². The summed E-state index contributed by atoms with van der Waals surface area (Å²) in [7, 11) is 1.88. The van der Waals surface area contributed by atoms with Gasteiger partial charge in [-0.3, -0.25) is 0 Å². The van der Waals surface area contributed by atoms with Gasteiger partial charge < -0.3 is 5.32 Å². The largest absolute Gasteiger partial charge is 0.373 e. The van der Waals surface area contributed by atoms with E-state index in [-0.39, 0.29) is 0 Å². The topological polar surface area (TPSA) is 24.9 Å². The minimum absolute atomic E-state index is 0.896. The molecule has 0 aliphatic carbocycles. The van der Waals surface area contributed by atoms with E-state index in [4.69, 9.17) is 0 Å². The van der Waals surface area contributed by atoms with Crippen LogP contribution < -0.4 is 5.32 Å². The Balaban J connectivity index is 2.40. The molecule has 1 heterocycles. The molecule has 0 saturated heterocycles. The number of rotatable bonds is 2. The smallest absolute Gasteiger partial charge is 0.126 e. The van der Waals surface area contributed by atoms with E-state index in [1.807, 2.05) is 25.4 Å². The van der Waals surface area contributed by atoms with Gasteiger partial charge in [-0.1, -0.05) is 29.8 Å². The van der Waals surface area contributed by atoms with Crippen molar-refractivity contribution in [2.45, 2.75) is 6.92 Å². The van der Waals surface area contributed by atoms with Gasteiger partial charge >= 0.3 is 0 Å². The maximum Gasteiger partial charge on any atom is 0.126 e. The molecule has 0 radical (unpaired) electrons. The highest BCUT2D eigenvalue weighted by molar-refractivity contribution is 5.66. The van der Waals surface area contributed by atoms with E-state index >= 15 is 0 Å². The van der Waals surface area contributed by atoms with E-state index in [0.29, 0.717) is 0 Å². The van der Waals surface area contributed by atoms with Crippen molar-refractivity contribution < 1.29 is 0 Å². The zero-order valence-electron chi connectivity index (χ0n) is 8.99. The fraction of sp³-hybridized carbons (Fsp3) is 0.154. The van der Waals surface area contributed by atoms with Crippen molar-refractivity contribution in [1.82, 2.24) is 4.98 Å². The molecule has 2 heteroatoms. The lowest BCUT2D eigenvalue weighted by Gasteiger charge is -2.04. The number of benzene rings is 1. The van der Waals surface area contributed by atoms with Crippen molar-refractivity contribution in [2.24, 2.45) is 0 Å². The van der Waals surface area contributed by atoms with Crippen LogP contribution in [0.4, 0.5) is 5.82 Å². The Bertz CT molecular complexity index is 446. The van der Waals surface area contributed by atoms with Crippen molar-refractivity contribution in [3.8, 4) is 11.1 Å². The maximum atomic E-state index is 4.19. The summed E-state index contributed by atoms with van der Waals surface area (Å²) >= 11 is 0. The minimum atomic E-state index is 0.896. The van der Waals surface area contributed by atoms with Gasteiger partial charge in [0.05, 0.1) is 0 Å². The summed E-state index contributed by atoms with van der Waals surface area (Å²) in [5, 5.41) is 3.04. The number of aryl methyl sites for hydroxylation is 1. The van der Waals surface area contributed by atoms with Gasteiger partial charge in [-0.15, -0.1) is 0 Å². The van der Waals surface area contributed by atoms with Crippen LogP contribution in [0.2, 0.25) is 0 Å². The first-order valence-electron chi connectivity index (χ1n) is 5.00. The van der Waals surface area contributed by atoms with Gasteiger partial charge in [0.1, 0.15) is 5.82 Å². The summed E-state index contributed by atoms with van der Waals surface area (Å²) in [5.74, 6) is 0.896. The number of hydrogen-bond donors (Lipinski definition) is 1. The molecule has 0 atom stereocenters. The van der Waals surface area contributed by atoms with Gasteiger partial charge in [0.2, 0.25) is 0 Å². The second-order valence-corrected chi connectivity index (χ2v) is 3.55. The van der Waals surface area contributed by atoms with Crippen LogP contribution in [0, 0.1) is 6.92 Å². The predicted octanol–water partition coefficient (Wildman–Crippen LogP) is 3.10. The quantitative estimate of drug-likeness (QED) is 0.802. The van der Waals surface area contributed by atoms with Crippen LogP contribution in [0.1, 0.15) is 5.56 Å². The van der Waals surface area contributed by atoms with Gasteiger partial charge in [0.15, 0.2) is 0 Å². The summed E-state index contributed by atoms with van der Waals surface area (Å²) in [6.45, 7) is 2.09. The Labute approximate surface area is 90.0 Å². The molecule has 0 aliphatic heterocycles. The summed E-state index contributed by atoms with van der Waals surface area (Å²) in [4.78, 5) is 4.19. The third-order valence-electron chi connectivity index (χ3n) is 2.40. The monoisotopic (exact) mass is 198 g/mol. The molecule has 0 aliphatic rings. The van der Waals surface area contributed by atoms with Crippen molar-refractivity contribution in [3.05, 3.63) is 48.2 Å². The fourth-order valence-corrected chi connectivity index (χ4v) is 1.49. The highest BCUT2D eigenvalue weighted by Crippen LogP contribution is 2.21. The minimum Gasteiger partial charge on any atom is -0.373 e. The standard InChI is InChI=1S/C13H14N2/c1-10-3-5-11(6-4-10)12-7-8-15-13(9-12)14-2/h3-9H,1-2H3,(H,14,15). The molecule has 2 nitrogen and oxygen atoms in total. The Morgan fingerprint density at radius 3 is 2.40 bits per heavy atom. The average Bonchev–Trinajstić information content (AvgIpc) is 2.30. The van der Waals surface area contributed by atoms with Crippen LogP contribution in [-0.4, -0.2) is 12.0 Å². The van der Waals surface area contributed by atoms with Crippen LogP contribution in [0.5, 0.6) is 0 Å². The molecule has 1 aromatic heterocycles. The molecule has 15 heavy (non-hydrogen) atoms. The molecular weight excluding hydrogens is 184 g/mol. The van der Waals surface area contributed by atoms with Gasteiger partial charge in [-0.2, -0.15) is 0 Å². The van der Waals surface area contributed by atoms with E-state index in [0.717, 1.165) is 5.82 Å². The molecule has 0 bridgehead atoms. The maximum absolute atomic E-state index is 4.19. The van der Waals surface area contributed by atoms with Crippen LogP contribution in [0.15, 0.2) is 42.6 Å². The van der Waals surface area contributed by atoms with E-state index in [1.54, 1.807) is 0 Å². The average molecular weight is 198 g/mol. The van der Waals surface area contributed by atoms with E-state index < -0.39 is 0 Å². The van der Waals surface area contributed by atoms with Gasteiger partial charge in [0, 0.05) is 13.2 Å². The van der Waals surface area contributed by atoms with Crippen LogP contribution in [-0.2, 0) is 0 Å². The van der Waals surface area contributed by atoms with Gasteiger partial charge in [-0.25, -0.2) is 4.98 Å². The zero-order chi connectivity index (χ0) is 10.7. The van der Waals surface area contributed by atoms with Crippen molar-refractivity contribution in [2.75, 3.05) is 12.4 Å². The summed E-state index contributed by atoms with van der Waals surface area (Å²) in [6.07, 6.45) is 1.82. The fourth-order valence-electron chi connectivity index (χ4n) is 1.49. The number of nitrogens with zero attached hydrogens (tertiary/aromatic N) is 1. The molecule has 0 fully saturated rings. The molecule has 2 rings (SSSR count). The van der Waals surface area contributed by atoms with E-state index in [2.05, 4.69) is 41.5 Å². The van der Waals surface area contributed by atoms with Crippen molar-refractivity contribution in [3.63, 3.8) is 0 Å². The second-order valence-electron chi connectivity index (χ2n) is 3.55. The molecule has 76 valence electrons. The first kappa shape index (κ1) is 9.71. The highest BCUT2D eigenvalue weighted by Gasteiger charge is 1.98. The molecule has 2 aromatic rings. The number of hydrogen-bond acceptors (Lipinski definition) is 2. The molecule has 1 aromatic carbocycles. The van der Waals surface area contributed by atoms with Gasteiger partial charge in [-0.05, 0) is 30.2 Å². The van der Waals surface area contributed by atoms with Crippen LogP contribution >= 0.6 is 0 Å². The molecule has 0 unspecified atom stereocenters. The highest BCUT2D eigenvalue weighted by atomic mass is 14.9. The lowest BCUT2D eigenvalue weighted by atomic mass is 10.1. The molecule has 0 spiro atoms. The third-order valence-corrected chi connectivity index (χ3v) is 2.40. The number of pyridine rings is 1. The summed E-state index contributed by atoms with van der Waals surface area (Å²) < 4.78 is 0. The Morgan fingerprint density at radius 2 is 1.73 bits per heavy atom. The Hall–Kier alpha value is -1.83. The SMILES string of the molecule is CNc1cc(-c2ccc(C)cc2)ccn1. The van der Waals surface area contributed by atoms with Gasteiger partial charge in [0.25, 0.3) is 0 Å². The molecular formula is C13H14N2. The van der Waals surface area contributed by atoms with Crippen LogP contribution in [0.3, 0.4) is 0 Å². The number of nitrogens with one attached hydrogen (secondary N) is 1. The number of anilines is 1. The molecule has 1 N–H and O–H groups in total. The number of aromatic nitrogens is 1. The first-order valence-corrected chi connectivity index (χ1v) is 5.00. The lowest BCUT2D eigenvalue weighted by Crippen LogP contribution is -1.91. The predicted molar refractivity (Wildman–Crippen MR) is 64.0 cm³/mol. The van der Waals surface area contributed by atoms with Crippen LogP contribution in [0.25, 0.3) is 11.1 Å². The summed E-state index contributed by atoms with van der Waals surface area (Å²) in [6, 6.07) is 12.6. The summed E-state index contributed by atoms with van der Waals surface area (Å²) in [5.41, 5.74) is 3.69.